The third-order valence-electron chi connectivity index (χ3n) is 3.07. The molecule has 2 nitrogen and oxygen atoms in total. The summed E-state index contributed by atoms with van der Waals surface area (Å²) in [7, 11) is 0. The van der Waals surface area contributed by atoms with E-state index in [2.05, 4.69) is 34.3 Å². The molecule has 2 heteroatoms. The van der Waals surface area contributed by atoms with Crippen LogP contribution >= 0.6 is 0 Å². The highest BCUT2D eigenvalue weighted by atomic mass is 14.8. The molecule has 0 saturated heterocycles. The fourth-order valence-corrected chi connectivity index (χ4v) is 2.36. The van der Waals surface area contributed by atoms with Crippen LogP contribution in [0.2, 0.25) is 0 Å². The topological polar surface area (TPSA) is 24.7 Å². The first kappa shape index (κ1) is 7.99. The molecule has 0 radical (unpaired) electrons. The second-order valence-electron chi connectivity index (χ2n) is 3.97. The largest absolute Gasteiger partial charge is 0.256 e. The van der Waals surface area contributed by atoms with Gasteiger partial charge in [-0.15, -0.1) is 0 Å². The predicted octanol–water partition coefficient (Wildman–Crippen LogP) is 1.73. The number of benzene rings is 2. The first-order valence-electron chi connectivity index (χ1n) is 5.29. The first-order chi connectivity index (χ1) is 7.93. The Morgan fingerprint density at radius 2 is 1.75 bits per heavy atom. The number of nitrogens with zero attached hydrogens (tertiary/aromatic N) is 2. The summed E-state index contributed by atoms with van der Waals surface area (Å²) in [6.45, 7) is 0. The highest BCUT2D eigenvalue weighted by Crippen LogP contribution is 2.20. The molecule has 0 atom stereocenters. The standard InChI is InChI=1S/C14H8N2/c1-2-4-12-9(3-1)14-10-7-8-15-11(10)5-6-13(14)16-12/h1-8H. The Kier molecular flexibility index (Phi) is 1.33. The van der Waals surface area contributed by atoms with Gasteiger partial charge in [0.15, 0.2) is 0 Å². The lowest BCUT2D eigenvalue weighted by molar-refractivity contribution is 1.37. The number of hydrogen-bond acceptors (Lipinski definition) is 2. The van der Waals surface area contributed by atoms with Gasteiger partial charge >= 0.3 is 0 Å². The molecule has 0 amide bonds. The van der Waals surface area contributed by atoms with Crippen molar-refractivity contribution in [2.24, 2.45) is 9.98 Å². The molecule has 0 aliphatic carbocycles. The molecule has 16 heavy (non-hydrogen) atoms. The van der Waals surface area contributed by atoms with Crippen molar-refractivity contribution in [2.75, 3.05) is 0 Å². The minimum atomic E-state index is 1.05. The van der Waals surface area contributed by atoms with Gasteiger partial charge < -0.3 is 0 Å². The van der Waals surface area contributed by atoms with E-state index in [4.69, 9.17) is 0 Å². The van der Waals surface area contributed by atoms with Gasteiger partial charge in [-0.05, 0) is 24.3 Å². The van der Waals surface area contributed by atoms with Crippen LogP contribution in [-0.2, 0) is 0 Å². The minimum Gasteiger partial charge on any atom is -0.256 e. The Balaban J connectivity index is 2.43. The summed E-state index contributed by atoms with van der Waals surface area (Å²) in [5, 5.41) is 4.71. The monoisotopic (exact) mass is 204 g/mol. The van der Waals surface area contributed by atoms with Crippen molar-refractivity contribution < 1.29 is 0 Å². The lowest BCUT2D eigenvalue weighted by atomic mass is 10.1. The van der Waals surface area contributed by atoms with Crippen molar-refractivity contribution in [3.8, 4) is 0 Å². The van der Waals surface area contributed by atoms with Crippen LogP contribution < -0.4 is 10.6 Å². The van der Waals surface area contributed by atoms with E-state index in [-0.39, 0.29) is 0 Å². The van der Waals surface area contributed by atoms with Gasteiger partial charge in [0.05, 0.1) is 16.7 Å². The number of hydrogen-bond donors (Lipinski definition) is 0. The summed E-state index contributed by atoms with van der Waals surface area (Å²) in [4.78, 5) is 8.94. The van der Waals surface area contributed by atoms with Crippen LogP contribution in [0.25, 0.3) is 6.08 Å². The SMILES string of the molecule is C1=Nc2ccc3c(c2=C1)=c1ccccc1=N3. The summed E-state index contributed by atoms with van der Waals surface area (Å²) >= 11 is 0. The Morgan fingerprint density at radius 1 is 0.875 bits per heavy atom. The van der Waals surface area contributed by atoms with Gasteiger partial charge in [-0.3, -0.25) is 4.99 Å². The number of para-hydroxylation sites is 1. The quantitative estimate of drug-likeness (QED) is 0.533. The summed E-state index contributed by atoms with van der Waals surface area (Å²) in [5.41, 5.74) is 2.10. The van der Waals surface area contributed by atoms with Crippen LogP contribution in [0.15, 0.2) is 46.4 Å². The maximum Gasteiger partial charge on any atom is 0.0723 e. The molecule has 74 valence electrons. The van der Waals surface area contributed by atoms with Crippen molar-refractivity contribution in [1.82, 2.24) is 0 Å². The zero-order valence-electron chi connectivity index (χ0n) is 8.51. The van der Waals surface area contributed by atoms with E-state index >= 15 is 0 Å². The molecule has 0 fully saturated rings. The highest BCUT2D eigenvalue weighted by molar-refractivity contribution is 5.97. The van der Waals surface area contributed by atoms with E-state index in [1.807, 2.05) is 24.4 Å². The minimum absolute atomic E-state index is 1.05. The van der Waals surface area contributed by atoms with Gasteiger partial charge in [0, 0.05) is 21.9 Å². The van der Waals surface area contributed by atoms with Gasteiger partial charge in [-0.25, -0.2) is 4.99 Å². The molecule has 2 aliphatic rings. The van der Waals surface area contributed by atoms with E-state index < -0.39 is 0 Å². The van der Waals surface area contributed by atoms with Crippen LogP contribution in [0.5, 0.6) is 0 Å². The molecular formula is C14H8N2. The zero-order valence-corrected chi connectivity index (χ0v) is 8.51. The Hall–Kier alpha value is -2.22. The molecule has 2 heterocycles. The van der Waals surface area contributed by atoms with Crippen LogP contribution in [0.4, 0.5) is 11.4 Å². The fraction of sp³-hybridized carbons (Fsp3) is 0. The van der Waals surface area contributed by atoms with Gasteiger partial charge in [0.2, 0.25) is 0 Å². The molecule has 0 bridgehead atoms. The molecule has 2 aromatic rings. The number of rotatable bonds is 0. The third kappa shape index (κ3) is 0.865. The Bertz CT molecular complexity index is 845. The first-order valence-corrected chi connectivity index (χ1v) is 5.29. The average Bonchev–Trinajstić information content (AvgIpc) is 2.91. The lowest BCUT2D eigenvalue weighted by Gasteiger charge is -1.94. The van der Waals surface area contributed by atoms with Crippen LogP contribution in [0.3, 0.4) is 0 Å². The molecule has 0 aromatic heterocycles. The van der Waals surface area contributed by atoms with Gasteiger partial charge in [0.25, 0.3) is 0 Å². The zero-order chi connectivity index (χ0) is 10.5. The smallest absolute Gasteiger partial charge is 0.0723 e. The Labute approximate surface area is 91.6 Å². The van der Waals surface area contributed by atoms with Gasteiger partial charge in [0.1, 0.15) is 0 Å². The molecule has 0 spiro atoms. The highest BCUT2D eigenvalue weighted by Gasteiger charge is 2.08. The van der Waals surface area contributed by atoms with E-state index in [0.717, 1.165) is 16.7 Å². The van der Waals surface area contributed by atoms with Crippen molar-refractivity contribution in [3.63, 3.8) is 0 Å². The molecular weight excluding hydrogens is 196 g/mol. The molecule has 0 saturated carbocycles. The van der Waals surface area contributed by atoms with Crippen LogP contribution in [0, 0.1) is 10.4 Å². The number of fused-ring (bicyclic) bond motifs is 4. The maximum atomic E-state index is 4.62. The summed E-state index contributed by atoms with van der Waals surface area (Å²) in [6, 6.07) is 12.3. The molecule has 2 aliphatic heterocycles. The van der Waals surface area contributed by atoms with E-state index in [1.165, 1.54) is 15.7 Å². The van der Waals surface area contributed by atoms with Crippen LogP contribution in [-0.4, -0.2) is 6.21 Å². The fourth-order valence-electron chi connectivity index (χ4n) is 2.36. The second kappa shape index (κ2) is 2.67. The van der Waals surface area contributed by atoms with Crippen molar-refractivity contribution in [3.05, 3.63) is 57.4 Å². The van der Waals surface area contributed by atoms with Crippen molar-refractivity contribution in [1.29, 1.82) is 0 Å². The lowest BCUT2D eigenvalue weighted by Crippen LogP contribution is -2.03. The normalized spacial score (nSPS) is 13.8. The molecule has 0 N–H and O–H groups in total. The maximum absolute atomic E-state index is 4.62. The van der Waals surface area contributed by atoms with E-state index in [1.54, 1.807) is 0 Å². The Morgan fingerprint density at radius 3 is 2.75 bits per heavy atom. The van der Waals surface area contributed by atoms with E-state index in [0.29, 0.717) is 0 Å². The van der Waals surface area contributed by atoms with E-state index in [9.17, 15) is 0 Å². The van der Waals surface area contributed by atoms with Crippen molar-refractivity contribution in [2.45, 2.75) is 0 Å². The molecule has 4 rings (SSSR count). The summed E-state index contributed by atoms with van der Waals surface area (Å²) in [5.74, 6) is 0. The summed E-state index contributed by atoms with van der Waals surface area (Å²) < 4.78 is 0. The second-order valence-corrected chi connectivity index (χ2v) is 3.97. The van der Waals surface area contributed by atoms with Crippen molar-refractivity contribution >= 4 is 23.7 Å². The average molecular weight is 204 g/mol. The number of aliphatic imine (C=N–C) groups is 1. The summed E-state index contributed by atoms with van der Waals surface area (Å²) in [6.07, 6.45) is 3.91. The van der Waals surface area contributed by atoms with Crippen LogP contribution in [0.1, 0.15) is 0 Å². The van der Waals surface area contributed by atoms with Gasteiger partial charge in [-0.2, -0.15) is 0 Å². The van der Waals surface area contributed by atoms with Gasteiger partial charge in [-0.1, -0.05) is 18.2 Å². The molecule has 0 unspecified atom stereocenters. The predicted molar refractivity (Wildman–Crippen MR) is 63.6 cm³/mol. The molecule has 2 aromatic carbocycles. The third-order valence-corrected chi connectivity index (χ3v) is 3.07.